The number of hydrogen-bond acceptors (Lipinski definition) is 5. The Balaban J connectivity index is 1.48. The summed E-state index contributed by atoms with van der Waals surface area (Å²) in [6, 6.07) is 12.7. The largest absolute Gasteiger partial charge is 0.495 e. The lowest BCUT2D eigenvalue weighted by Gasteiger charge is -2.20. The fourth-order valence-electron chi connectivity index (χ4n) is 4.25. The molecule has 7 nitrogen and oxygen atoms in total. The van der Waals surface area contributed by atoms with E-state index in [4.69, 9.17) is 4.74 Å². The number of benzene rings is 2. The SMILES string of the molecule is COc1ccc(S(=O)(=O)NCc2cccc(CN3CCCC3)c2)cc1N1CCCC1=O. The number of ether oxygens (including phenoxy) is 1. The maximum absolute atomic E-state index is 13.0. The van der Waals surface area contributed by atoms with Crippen molar-refractivity contribution in [1.29, 1.82) is 0 Å². The summed E-state index contributed by atoms with van der Waals surface area (Å²) >= 11 is 0. The van der Waals surface area contributed by atoms with Crippen LogP contribution in [0, 0.1) is 0 Å². The van der Waals surface area contributed by atoms with Crippen molar-refractivity contribution in [3.8, 4) is 5.75 Å². The molecule has 0 bridgehead atoms. The summed E-state index contributed by atoms with van der Waals surface area (Å²) in [7, 11) is -2.23. The molecule has 2 aliphatic heterocycles. The van der Waals surface area contributed by atoms with E-state index in [1.54, 1.807) is 11.0 Å². The van der Waals surface area contributed by atoms with Crippen molar-refractivity contribution in [2.24, 2.45) is 0 Å². The Bertz CT molecular complexity index is 1050. The van der Waals surface area contributed by atoms with Crippen molar-refractivity contribution < 1.29 is 17.9 Å². The highest BCUT2D eigenvalue weighted by atomic mass is 32.2. The Morgan fingerprint density at radius 2 is 1.77 bits per heavy atom. The molecule has 1 amide bonds. The molecule has 1 N–H and O–H groups in total. The van der Waals surface area contributed by atoms with Gasteiger partial charge in [-0.25, -0.2) is 13.1 Å². The molecule has 0 atom stereocenters. The number of sulfonamides is 1. The van der Waals surface area contributed by atoms with Gasteiger partial charge in [0.15, 0.2) is 0 Å². The van der Waals surface area contributed by atoms with E-state index in [2.05, 4.69) is 21.8 Å². The van der Waals surface area contributed by atoms with Gasteiger partial charge >= 0.3 is 0 Å². The van der Waals surface area contributed by atoms with Crippen LogP contribution in [0.3, 0.4) is 0 Å². The van der Waals surface area contributed by atoms with Gasteiger partial charge in [-0.1, -0.05) is 24.3 Å². The number of amides is 1. The van der Waals surface area contributed by atoms with Gasteiger partial charge in [0.05, 0.1) is 17.7 Å². The number of methoxy groups -OCH3 is 1. The molecule has 2 aromatic rings. The number of nitrogens with one attached hydrogen (secondary N) is 1. The molecule has 2 heterocycles. The predicted octanol–water partition coefficient (Wildman–Crippen LogP) is 2.90. The van der Waals surface area contributed by atoms with Crippen LogP contribution in [0.1, 0.15) is 36.8 Å². The molecule has 0 saturated carbocycles. The van der Waals surface area contributed by atoms with Gasteiger partial charge in [-0.2, -0.15) is 0 Å². The number of nitrogens with zero attached hydrogens (tertiary/aromatic N) is 2. The molecule has 0 radical (unpaired) electrons. The van der Waals surface area contributed by atoms with Gasteiger partial charge in [0, 0.05) is 26.1 Å². The molecule has 2 fully saturated rings. The first-order valence-electron chi connectivity index (χ1n) is 10.7. The second-order valence-electron chi connectivity index (χ2n) is 8.11. The van der Waals surface area contributed by atoms with Gasteiger partial charge in [-0.05, 0) is 61.7 Å². The Hall–Kier alpha value is -2.42. The highest BCUT2D eigenvalue weighted by Gasteiger charge is 2.26. The molecule has 0 aliphatic carbocycles. The fraction of sp³-hybridized carbons (Fsp3) is 0.435. The summed E-state index contributed by atoms with van der Waals surface area (Å²) < 4.78 is 34.0. The number of anilines is 1. The first kappa shape index (κ1) is 21.8. The molecular formula is C23H29N3O4S. The van der Waals surface area contributed by atoms with Crippen LogP contribution < -0.4 is 14.4 Å². The zero-order chi connectivity index (χ0) is 21.8. The molecular weight excluding hydrogens is 414 g/mol. The van der Waals surface area contributed by atoms with Crippen molar-refractivity contribution >= 4 is 21.6 Å². The van der Waals surface area contributed by atoms with Gasteiger partial charge in [0.25, 0.3) is 0 Å². The highest BCUT2D eigenvalue weighted by molar-refractivity contribution is 7.89. The third-order valence-electron chi connectivity index (χ3n) is 5.89. The van der Waals surface area contributed by atoms with Crippen molar-refractivity contribution in [2.45, 2.75) is 43.7 Å². The summed E-state index contributed by atoms with van der Waals surface area (Å²) in [5.74, 6) is 0.472. The van der Waals surface area contributed by atoms with Crippen LogP contribution in [0.5, 0.6) is 5.75 Å². The van der Waals surface area contributed by atoms with Crippen LogP contribution in [0.25, 0.3) is 0 Å². The van der Waals surface area contributed by atoms with E-state index in [1.807, 2.05) is 12.1 Å². The number of carbonyl (C=O) groups excluding carboxylic acids is 1. The number of carbonyl (C=O) groups is 1. The minimum atomic E-state index is -3.74. The Morgan fingerprint density at radius 1 is 1.00 bits per heavy atom. The molecule has 2 saturated heterocycles. The third kappa shape index (κ3) is 5.08. The summed E-state index contributed by atoms with van der Waals surface area (Å²) in [4.78, 5) is 16.3. The quantitative estimate of drug-likeness (QED) is 0.679. The topological polar surface area (TPSA) is 79.0 Å². The predicted molar refractivity (Wildman–Crippen MR) is 120 cm³/mol. The van der Waals surface area contributed by atoms with Crippen molar-refractivity contribution in [3.63, 3.8) is 0 Å². The van der Waals surface area contributed by atoms with Crippen molar-refractivity contribution in [3.05, 3.63) is 53.6 Å². The summed E-state index contributed by atoms with van der Waals surface area (Å²) in [6.07, 6.45) is 3.70. The van der Waals surface area contributed by atoms with Gasteiger partial charge < -0.3 is 9.64 Å². The normalized spacial score (nSPS) is 17.5. The highest BCUT2D eigenvalue weighted by Crippen LogP contribution is 2.33. The molecule has 8 heteroatoms. The smallest absolute Gasteiger partial charge is 0.240 e. The number of rotatable bonds is 8. The van der Waals surface area contributed by atoms with E-state index in [0.29, 0.717) is 24.4 Å². The Kier molecular flexibility index (Phi) is 6.60. The van der Waals surface area contributed by atoms with E-state index in [0.717, 1.165) is 31.6 Å². The maximum atomic E-state index is 13.0. The second kappa shape index (κ2) is 9.38. The van der Waals surface area contributed by atoms with Crippen LogP contribution in [0.4, 0.5) is 5.69 Å². The molecule has 2 aliphatic rings. The maximum Gasteiger partial charge on any atom is 0.240 e. The van der Waals surface area contributed by atoms with Crippen LogP contribution in [0.2, 0.25) is 0 Å². The van der Waals surface area contributed by atoms with Gasteiger partial charge in [0.2, 0.25) is 15.9 Å². The zero-order valence-corrected chi connectivity index (χ0v) is 18.7. The standard InChI is InChI=1S/C23H29N3O4S/c1-30-22-10-9-20(15-21(22)26-13-5-8-23(26)27)31(28,29)24-16-18-6-4-7-19(14-18)17-25-11-2-3-12-25/h4,6-7,9-10,14-15,24H,2-3,5,8,11-13,16-17H2,1H3. The molecule has 31 heavy (non-hydrogen) atoms. The lowest BCUT2D eigenvalue weighted by molar-refractivity contribution is -0.117. The molecule has 0 unspecified atom stereocenters. The van der Waals surface area contributed by atoms with Crippen LogP contribution in [-0.2, 0) is 27.9 Å². The van der Waals surface area contributed by atoms with E-state index < -0.39 is 10.0 Å². The summed E-state index contributed by atoms with van der Waals surface area (Å²) in [6.45, 7) is 3.91. The second-order valence-corrected chi connectivity index (χ2v) is 9.88. The molecule has 4 rings (SSSR count). The first-order valence-corrected chi connectivity index (χ1v) is 12.2. The van der Waals surface area contributed by atoms with Gasteiger partial charge in [-0.3, -0.25) is 9.69 Å². The number of likely N-dealkylation sites (tertiary alicyclic amines) is 1. The van der Waals surface area contributed by atoms with Crippen molar-refractivity contribution in [2.75, 3.05) is 31.6 Å². The Morgan fingerprint density at radius 3 is 2.48 bits per heavy atom. The lowest BCUT2D eigenvalue weighted by atomic mass is 10.1. The monoisotopic (exact) mass is 443 g/mol. The third-order valence-corrected chi connectivity index (χ3v) is 7.29. The fourth-order valence-corrected chi connectivity index (χ4v) is 5.29. The summed E-state index contributed by atoms with van der Waals surface area (Å²) in [5.41, 5.74) is 2.61. The molecule has 0 aromatic heterocycles. The first-order chi connectivity index (χ1) is 15.0. The minimum absolute atomic E-state index is 0.0179. The van der Waals surface area contributed by atoms with E-state index in [1.165, 1.54) is 37.6 Å². The molecule has 2 aromatic carbocycles. The van der Waals surface area contributed by atoms with Crippen LogP contribution in [0.15, 0.2) is 47.4 Å². The zero-order valence-electron chi connectivity index (χ0n) is 17.8. The molecule has 166 valence electrons. The summed E-state index contributed by atoms with van der Waals surface area (Å²) in [5, 5.41) is 0. The average molecular weight is 444 g/mol. The van der Waals surface area contributed by atoms with E-state index in [9.17, 15) is 13.2 Å². The van der Waals surface area contributed by atoms with Crippen molar-refractivity contribution in [1.82, 2.24) is 9.62 Å². The lowest BCUT2D eigenvalue weighted by Crippen LogP contribution is -2.26. The minimum Gasteiger partial charge on any atom is -0.495 e. The van der Waals surface area contributed by atoms with E-state index >= 15 is 0 Å². The van der Waals surface area contributed by atoms with Crippen LogP contribution >= 0.6 is 0 Å². The Labute approximate surface area is 184 Å². The number of hydrogen-bond donors (Lipinski definition) is 1. The average Bonchev–Trinajstić information content (AvgIpc) is 3.44. The van der Waals surface area contributed by atoms with E-state index in [-0.39, 0.29) is 17.3 Å². The molecule has 0 spiro atoms. The van der Waals surface area contributed by atoms with Gasteiger partial charge in [-0.15, -0.1) is 0 Å². The van der Waals surface area contributed by atoms with Crippen LogP contribution in [-0.4, -0.2) is 46.0 Å². The van der Waals surface area contributed by atoms with Gasteiger partial charge in [0.1, 0.15) is 5.75 Å².